The summed E-state index contributed by atoms with van der Waals surface area (Å²) in [6, 6.07) is 5.83. The van der Waals surface area contributed by atoms with Gasteiger partial charge in [-0.05, 0) is 39.9 Å². The molecule has 0 aliphatic heterocycles. The number of hydrogen-bond donors (Lipinski definition) is 1. The summed E-state index contributed by atoms with van der Waals surface area (Å²) in [4.78, 5) is 10.4. The van der Waals surface area contributed by atoms with Crippen molar-refractivity contribution in [1.82, 2.24) is 5.32 Å². The molecule has 1 aromatic rings. The molecule has 0 amide bonds. The molecule has 1 N–H and O–H groups in total. The summed E-state index contributed by atoms with van der Waals surface area (Å²) >= 11 is 3.17. The van der Waals surface area contributed by atoms with Crippen molar-refractivity contribution in [1.29, 1.82) is 0 Å². The number of nitro groups is 1. The summed E-state index contributed by atoms with van der Waals surface area (Å²) < 4.78 is 0.529. The van der Waals surface area contributed by atoms with Crippen molar-refractivity contribution in [2.45, 2.75) is 25.9 Å². The quantitative estimate of drug-likeness (QED) is 0.683. The third kappa shape index (κ3) is 2.59. The number of nitrogens with one attached hydrogen (secondary N) is 1. The van der Waals surface area contributed by atoms with Crippen LogP contribution < -0.4 is 5.32 Å². The Bertz CT molecular complexity index is 422. The normalized spacial score (nSPS) is 23.1. The lowest BCUT2D eigenvalue weighted by Gasteiger charge is -2.04. The van der Waals surface area contributed by atoms with Crippen molar-refractivity contribution < 1.29 is 4.92 Å². The highest BCUT2D eigenvalue weighted by Crippen LogP contribution is 2.30. The van der Waals surface area contributed by atoms with Gasteiger partial charge in [0.05, 0.1) is 9.40 Å². The van der Waals surface area contributed by atoms with Crippen molar-refractivity contribution in [2.75, 3.05) is 0 Å². The second kappa shape index (κ2) is 4.51. The molecule has 0 heterocycles. The van der Waals surface area contributed by atoms with E-state index in [-0.39, 0.29) is 10.6 Å². The van der Waals surface area contributed by atoms with E-state index in [1.165, 1.54) is 6.42 Å². The first-order valence-corrected chi connectivity index (χ1v) is 6.03. The lowest BCUT2D eigenvalue weighted by Crippen LogP contribution is -2.17. The summed E-state index contributed by atoms with van der Waals surface area (Å²) in [6.45, 7) is 2.89. The van der Waals surface area contributed by atoms with Gasteiger partial charge in [-0.2, -0.15) is 0 Å². The molecule has 16 heavy (non-hydrogen) atoms. The van der Waals surface area contributed by atoms with Gasteiger partial charge >= 0.3 is 0 Å². The molecule has 1 aliphatic carbocycles. The van der Waals surface area contributed by atoms with Crippen molar-refractivity contribution in [3.63, 3.8) is 0 Å². The molecule has 2 rings (SSSR count). The highest BCUT2D eigenvalue weighted by molar-refractivity contribution is 9.10. The monoisotopic (exact) mass is 284 g/mol. The number of benzene rings is 1. The Balaban J connectivity index is 2.04. The van der Waals surface area contributed by atoms with Gasteiger partial charge in [0, 0.05) is 18.7 Å². The van der Waals surface area contributed by atoms with Gasteiger partial charge in [0.15, 0.2) is 0 Å². The fraction of sp³-hybridized carbons (Fsp3) is 0.455. The van der Waals surface area contributed by atoms with Crippen LogP contribution in [0.4, 0.5) is 5.69 Å². The molecule has 0 radical (unpaired) electrons. The molecule has 0 aromatic heterocycles. The maximum absolute atomic E-state index is 10.7. The van der Waals surface area contributed by atoms with Crippen LogP contribution in [0.15, 0.2) is 22.7 Å². The molecule has 0 saturated heterocycles. The van der Waals surface area contributed by atoms with Crippen LogP contribution in [-0.4, -0.2) is 11.0 Å². The Morgan fingerprint density at radius 3 is 2.88 bits per heavy atom. The van der Waals surface area contributed by atoms with Gasteiger partial charge in [-0.15, -0.1) is 0 Å². The average molecular weight is 285 g/mol. The summed E-state index contributed by atoms with van der Waals surface area (Å²) in [5.74, 6) is 0.741. The van der Waals surface area contributed by atoms with E-state index in [1.54, 1.807) is 12.1 Å². The maximum Gasteiger partial charge on any atom is 0.283 e. The van der Waals surface area contributed by atoms with Gasteiger partial charge in [0.25, 0.3) is 5.69 Å². The molecule has 0 bridgehead atoms. The molecule has 2 atom stereocenters. The lowest BCUT2D eigenvalue weighted by molar-refractivity contribution is -0.385. The van der Waals surface area contributed by atoms with Gasteiger partial charge in [-0.1, -0.05) is 13.0 Å². The van der Waals surface area contributed by atoms with E-state index >= 15 is 0 Å². The van der Waals surface area contributed by atoms with Crippen molar-refractivity contribution in [3.8, 4) is 0 Å². The van der Waals surface area contributed by atoms with Crippen LogP contribution in [0, 0.1) is 16.0 Å². The van der Waals surface area contributed by atoms with Gasteiger partial charge in [-0.3, -0.25) is 10.1 Å². The maximum atomic E-state index is 10.7. The van der Waals surface area contributed by atoms with Gasteiger partial charge in [-0.25, -0.2) is 0 Å². The lowest BCUT2D eigenvalue weighted by atomic mass is 10.2. The molecule has 86 valence electrons. The van der Waals surface area contributed by atoms with Crippen LogP contribution >= 0.6 is 15.9 Å². The summed E-state index contributed by atoms with van der Waals surface area (Å²) in [5, 5.41) is 14.1. The Morgan fingerprint density at radius 1 is 1.62 bits per heavy atom. The molecule has 2 unspecified atom stereocenters. The highest BCUT2D eigenvalue weighted by atomic mass is 79.9. The van der Waals surface area contributed by atoms with Crippen LogP contribution in [0.5, 0.6) is 0 Å². The van der Waals surface area contributed by atoms with Crippen molar-refractivity contribution >= 4 is 21.6 Å². The van der Waals surface area contributed by atoms with Crippen molar-refractivity contribution in [2.24, 2.45) is 5.92 Å². The Hall–Kier alpha value is -0.940. The summed E-state index contributed by atoms with van der Waals surface area (Å²) in [6.07, 6.45) is 1.21. The smallest absolute Gasteiger partial charge is 0.283 e. The summed E-state index contributed by atoms with van der Waals surface area (Å²) in [7, 11) is 0. The van der Waals surface area contributed by atoms with Crippen LogP contribution in [0.25, 0.3) is 0 Å². The van der Waals surface area contributed by atoms with Crippen LogP contribution in [0.3, 0.4) is 0 Å². The minimum Gasteiger partial charge on any atom is -0.310 e. The van der Waals surface area contributed by atoms with E-state index in [4.69, 9.17) is 0 Å². The van der Waals surface area contributed by atoms with Crippen LogP contribution in [0.2, 0.25) is 0 Å². The molecule has 4 nitrogen and oxygen atoms in total. The molecule has 1 fully saturated rings. The summed E-state index contributed by atoms with van der Waals surface area (Å²) in [5.41, 5.74) is 1.08. The fourth-order valence-electron chi connectivity index (χ4n) is 1.66. The van der Waals surface area contributed by atoms with E-state index in [1.807, 2.05) is 6.07 Å². The zero-order valence-corrected chi connectivity index (χ0v) is 10.5. The van der Waals surface area contributed by atoms with E-state index in [2.05, 4.69) is 28.2 Å². The third-order valence-corrected chi connectivity index (χ3v) is 3.56. The first-order chi connectivity index (χ1) is 7.58. The van der Waals surface area contributed by atoms with E-state index < -0.39 is 0 Å². The first-order valence-electron chi connectivity index (χ1n) is 5.24. The zero-order valence-electron chi connectivity index (χ0n) is 8.94. The molecule has 5 heteroatoms. The van der Waals surface area contributed by atoms with E-state index in [0.29, 0.717) is 17.1 Å². The van der Waals surface area contributed by atoms with Gasteiger partial charge in [0.1, 0.15) is 0 Å². The SMILES string of the molecule is CC1CC1NCc1ccc(Br)c([N+](=O)[O-])c1. The van der Waals surface area contributed by atoms with Gasteiger partial charge in [0.2, 0.25) is 0 Å². The topological polar surface area (TPSA) is 55.2 Å². The predicted octanol–water partition coefficient (Wildman–Crippen LogP) is 2.86. The predicted molar refractivity (Wildman–Crippen MR) is 65.2 cm³/mol. The number of nitrogens with zero attached hydrogens (tertiary/aromatic N) is 1. The second-order valence-electron chi connectivity index (χ2n) is 4.24. The minimum absolute atomic E-state index is 0.128. The fourth-order valence-corrected chi connectivity index (χ4v) is 2.05. The Kier molecular flexibility index (Phi) is 3.25. The second-order valence-corrected chi connectivity index (χ2v) is 5.10. The van der Waals surface area contributed by atoms with E-state index in [0.717, 1.165) is 11.5 Å². The molecular formula is C11H13BrN2O2. The Morgan fingerprint density at radius 2 is 2.31 bits per heavy atom. The largest absolute Gasteiger partial charge is 0.310 e. The molecule has 1 aromatic carbocycles. The van der Waals surface area contributed by atoms with Crippen LogP contribution in [0.1, 0.15) is 18.9 Å². The van der Waals surface area contributed by atoms with Crippen LogP contribution in [-0.2, 0) is 6.54 Å². The molecule has 1 aliphatic rings. The third-order valence-electron chi connectivity index (χ3n) is 2.89. The number of halogens is 1. The molecule has 0 spiro atoms. The van der Waals surface area contributed by atoms with E-state index in [9.17, 15) is 10.1 Å². The Labute approximate surface area is 102 Å². The first kappa shape index (κ1) is 11.5. The number of rotatable bonds is 4. The zero-order chi connectivity index (χ0) is 11.7. The number of hydrogen-bond acceptors (Lipinski definition) is 3. The van der Waals surface area contributed by atoms with Crippen molar-refractivity contribution in [3.05, 3.63) is 38.3 Å². The molecule has 1 saturated carbocycles. The number of nitro benzene ring substituents is 1. The van der Waals surface area contributed by atoms with Gasteiger partial charge < -0.3 is 5.32 Å². The highest BCUT2D eigenvalue weighted by Gasteiger charge is 2.31. The molecular weight excluding hydrogens is 272 g/mol. The minimum atomic E-state index is -0.368. The average Bonchev–Trinajstić information content (AvgIpc) is 2.93. The standard InChI is InChI=1S/C11H13BrN2O2/c1-7-4-10(7)13-6-8-2-3-9(12)11(5-8)14(15)16/h2-3,5,7,10,13H,4,6H2,1H3.